The van der Waals surface area contributed by atoms with E-state index in [0.29, 0.717) is 28.8 Å². The number of rotatable bonds is 8. The summed E-state index contributed by atoms with van der Waals surface area (Å²) in [5, 5.41) is 3.38. The van der Waals surface area contributed by atoms with Gasteiger partial charge in [-0.3, -0.25) is 4.79 Å². The molecule has 1 aromatic heterocycles. The molecule has 30 heavy (non-hydrogen) atoms. The summed E-state index contributed by atoms with van der Waals surface area (Å²) >= 11 is 6.22. The molecule has 0 bridgehead atoms. The Labute approximate surface area is 180 Å². The molecule has 0 saturated heterocycles. The zero-order valence-corrected chi connectivity index (χ0v) is 17.9. The lowest BCUT2D eigenvalue weighted by Gasteiger charge is -2.13. The van der Waals surface area contributed by atoms with Gasteiger partial charge in [0.1, 0.15) is 5.82 Å². The summed E-state index contributed by atoms with van der Waals surface area (Å²) in [7, 11) is 3.06. The number of hydrogen-bond donors (Lipinski definition) is 2. The number of benzene rings is 2. The van der Waals surface area contributed by atoms with E-state index in [1.54, 1.807) is 24.4 Å². The molecule has 1 unspecified atom stereocenters. The van der Waals surface area contributed by atoms with E-state index in [0.717, 1.165) is 16.8 Å². The Morgan fingerprint density at radius 2 is 2.00 bits per heavy atom. The molecule has 0 aliphatic heterocycles. The summed E-state index contributed by atoms with van der Waals surface area (Å²) in [5.41, 5.74) is 2.68. The van der Waals surface area contributed by atoms with Crippen LogP contribution in [0.5, 0.6) is 11.5 Å². The molecule has 0 radical (unpaired) electrons. The van der Waals surface area contributed by atoms with Crippen LogP contribution >= 0.6 is 11.6 Å². The first-order valence-corrected chi connectivity index (χ1v) is 9.94. The summed E-state index contributed by atoms with van der Waals surface area (Å²) in [4.78, 5) is 20.2. The lowest BCUT2D eigenvalue weighted by molar-refractivity contribution is -0.117. The average molecular weight is 426 g/mol. The Balaban J connectivity index is 1.70. The van der Waals surface area contributed by atoms with Gasteiger partial charge in [0.15, 0.2) is 11.5 Å². The van der Waals surface area contributed by atoms with Crippen LogP contribution in [0.15, 0.2) is 54.7 Å². The highest BCUT2D eigenvalue weighted by molar-refractivity contribution is 6.32. The summed E-state index contributed by atoms with van der Waals surface area (Å²) in [6, 6.07) is 13.2. The van der Waals surface area contributed by atoms with Crippen LogP contribution in [-0.2, 0) is 4.79 Å². The summed E-state index contributed by atoms with van der Waals surface area (Å²) in [5.74, 6) is 1.44. The Bertz CT molecular complexity index is 1030. The van der Waals surface area contributed by atoms with Gasteiger partial charge in [-0.05, 0) is 35.8 Å². The van der Waals surface area contributed by atoms with Gasteiger partial charge in [-0.25, -0.2) is 4.98 Å². The van der Waals surface area contributed by atoms with Crippen molar-refractivity contribution >= 4 is 23.6 Å². The van der Waals surface area contributed by atoms with Crippen molar-refractivity contribution in [2.45, 2.75) is 19.4 Å². The van der Waals surface area contributed by atoms with Crippen LogP contribution in [0.2, 0.25) is 5.02 Å². The average Bonchev–Trinajstić information content (AvgIpc) is 3.26. The maximum atomic E-state index is 12.5. The van der Waals surface area contributed by atoms with E-state index in [2.05, 4.69) is 15.3 Å². The third kappa shape index (κ3) is 5.02. The molecule has 2 aromatic carbocycles. The number of nitrogens with one attached hydrogen (secondary N) is 2. The van der Waals surface area contributed by atoms with E-state index >= 15 is 0 Å². The number of aromatic amines is 1. The van der Waals surface area contributed by atoms with Gasteiger partial charge in [0.05, 0.1) is 37.2 Å². The SMILES string of the molecule is CCC(NC(=O)C=Cc1cc(Cl)c(OC)c(OC)c1)c1ncc(-c2ccccc2)[nH]1. The van der Waals surface area contributed by atoms with Gasteiger partial charge < -0.3 is 19.8 Å². The molecule has 156 valence electrons. The predicted molar refractivity (Wildman–Crippen MR) is 119 cm³/mol. The van der Waals surface area contributed by atoms with Crippen LogP contribution in [-0.4, -0.2) is 30.1 Å². The molecule has 0 fully saturated rings. The number of carbonyl (C=O) groups excluding carboxylic acids is 1. The van der Waals surface area contributed by atoms with Crippen LogP contribution in [0, 0.1) is 0 Å². The highest BCUT2D eigenvalue weighted by atomic mass is 35.5. The fourth-order valence-corrected chi connectivity index (χ4v) is 3.36. The van der Waals surface area contributed by atoms with Crippen molar-refractivity contribution in [3.63, 3.8) is 0 Å². The topological polar surface area (TPSA) is 76.2 Å². The Kier molecular flexibility index (Phi) is 7.14. The molecule has 0 spiro atoms. The van der Waals surface area contributed by atoms with Gasteiger partial charge in [0.25, 0.3) is 0 Å². The monoisotopic (exact) mass is 425 g/mol. The van der Waals surface area contributed by atoms with Gasteiger partial charge in [-0.1, -0.05) is 48.9 Å². The molecule has 6 nitrogen and oxygen atoms in total. The molecule has 0 saturated carbocycles. The number of H-pyrrole nitrogens is 1. The van der Waals surface area contributed by atoms with Gasteiger partial charge in [-0.15, -0.1) is 0 Å². The molecule has 1 atom stereocenters. The van der Waals surface area contributed by atoms with E-state index in [4.69, 9.17) is 21.1 Å². The van der Waals surface area contributed by atoms with Crippen LogP contribution in [0.25, 0.3) is 17.3 Å². The zero-order chi connectivity index (χ0) is 21.5. The standard InChI is InChI=1S/C23H24ClN3O3/c1-4-18(23-25-14-19(27-23)16-8-6-5-7-9-16)26-21(28)11-10-15-12-17(24)22(30-3)20(13-15)29-2/h5-14,18H,4H2,1-3H3,(H,25,27)(H,26,28). The van der Waals surface area contributed by atoms with Gasteiger partial charge in [0.2, 0.25) is 5.91 Å². The fourth-order valence-electron chi connectivity index (χ4n) is 3.07. The van der Waals surface area contributed by atoms with Crippen LogP contribution in [0.1, 0.15) is 30.8 Å². The molecule has 3 rings (SSSR count). The number of amides is 1. The second kappa shape index (κ2) is 9.98. The normalized spacial score (nSPS) is 12.0. The van der Waals surface area contributed by atoms with E-state index in [-0.39, 0.29) is 11.9 Å². The lowest BCUT2D eigenvalue weighted by Crippen LogP contribution is -2.27. The third-order valence-electron chi connectivity index (χ3n) is 4.62. The highest BCUT2D eigenvalue weighted by Gasteiger charge is 2.15. The Morgan fingerprint density at radius 1 is 1.23 bits per heavy atom. The number of nitrogens with zero attached hydrogens (tertiary/aromatic N) is 1. The fraction of sp³-hybridized carbons (Fsp3) is 0.217. The van der Waals surface area contributed by atoms with E-state index in [1.165, 1.54) is 20.3 Å². The first-order chi connectivity index (χ1) is 14.5. The van der Waals surface area contributed by atoms with E-state index < -0.39 is 0 Å². The minimum atomic E-state index is -0.231. The molecular formula is C23H24ClN3O3. The van der Waals surface area contributed by atoms with Crippen molar-refractivity contribution < 1.29 is 14.3 Å². The second-order valence-corrected chi connectivity index (χ2v) is 7.00. The molecule has 1 heterocycles. The minimum absolute atomic E-state index is 0.228. The van der Waals surface area contributed by atoms with Crippen LogP contribution < -0.4 is 14.8 Å². The zero-order valence-electron chi connectivity index (χ0n) is 17.1. The quantitative estimate of drug-likeness (QED) is 0.496. The van der Waals surface area contributed by atoms with Crippen molar-refractivity contribution in [2.24, 2.45) is 0 Å². The van der Waals surface area contributed by atoms with Crippen molar-refractivity contribution in [3.05, 3.63) is 71.1 Å². The summed E-state index contributed by atoms with van der Waals surface area (Å²) < 4.78 is 10.5. The number of imidazole rings is 1. The molecule has 0 aliphatic rings. The number of halogens is 1. The highest BCUT2D eigenvalue weighted by Crippen LogP contribution is 2.36. The van der Waals surface area contributed by atoms with Crippen molar-refractivity contribution in [1.82, 2.24) is 15.3 Å². The Morgan fingerprint density at radius 3 is 2.67 bits per heavy atom. The maximum Gasteiger partial charge on any atom is 0.244 e. The van der Waals surface area contributed by atoms with Gasteiger partial charge in [-0.2, -0.15) is 0 Å². The molecule has 1 amide bonds. The van der Waals surface area contributed by atoms with Crippen LogP contribution in [0.4, 0.5) is 0 Å². The summed E-state index contributed by atoms with van der Waals surface area (Å²) in [6.45, 7) is 1.99. The number of aromatic nitrogens is 2. The molecule has 0 aliphatic carbocycles. The Hall–Kier alpha value is -3.25. The van der Waals surface area contributed by atoms with Gasteiger partial charge in [0, 0.05) is 6.08 Å². The predicted octanol–water partition coefficient (Wildman–Crippen LogP) is 5.03. The first kappa shape index (κ1) is 21.5. The number of carbonyl (C=O) groups is 1. The minimum Gasteiger partial charge on any atom is -0.493 e. The summed E-state index contributed by atoms with van der Waals surface area (Å²) in [6.07, 6.45) is 5.61. The first-order valence-electron chi connectivity index (χ1n) is 9.56. The lowest BCUT2D eigenvalue weighted by atomic mass is 10.1. The van der Waals surface area contributed by atoms with Crippen molar-refractivity contribution in [3.8, 4) is 22.8 Å². The number of methoxy groups -OCH3 is 2. The molecule has 7 heteroatoms. The smallest absolute Gasteiger partial charge is 0.244 e. The number of hydrogen-bond acceptors (Lipinski definition) is 4. The third-order valence-corrected chi connectivity index (χ3v) is 4.90. The largest absolute Gasteiger partial charge is 0.493 e. The second-order valence-electron chi connectivity index (χ2n) is 6.59. The number of ether oxygens (including phenoxy) is 2. The van der Waals surface area contributed by atoms with Crippen molar-refractivity contribution in [1.29, 1.82) is 0 Å². The molecule has 3 aromatic rings. The van der Waals surface area contributed by atoms with Gasteiger partial charge >= 0.3 is 0 Å². The van der Waals surface area contributed by atoms with E-state index in [1.807, 2.05) is 37.3 Å². The van der Waals surface area contributed by atoms with E-state index in [9.17, 15) is 4.79 Å². The maximum absolute atomic E-state index is 12.5. The van der Waals surface area contributed by atoms with Crippen LogP contribution in [0.3, 0.4) is 0 Å². The molecule has 2 N–H and O–H groups in total. The molecular weight excluding hydrogens is 402 g/mol. The van der Waals surface area contributed by atoms with Crippen molar-refractivity contribution in [2.75, 3.05) is 14.2 Å².